The maximum Gasteiger partial charge on any atom is 0.242 e. The number of nitrogens with one attached hydrogen (secondary N) is 1. The smallest absolute Gasteiger partial charge is 0.242 e. The summed E-state index contributed by atoms with van der Waals surface area (Å²) in [7, 11) is 0. The van der Waals surface area contributed by atoms with Gasteiger partial charge in [0.05, 0.1) is 18.2 Å². The largest absolute Gasteiger partial charge is 0.393 e. The third-order valence-electron chi connectivity index (χ3n) is 7.09. The van der Waals surface area contributed by atoms with E-state index in [0.29, 0.717) is 30.2 Å². The number of aromatic amines is 1. The van der Waals surface area contributed by atoms with Crippen molar-refractivity contribution < 1.29 is 18.7 Å². The number of H-pyrrole nitrogens is 1. The van der Waals surface area contributed by atoms with Gasteiger partial charge in [-0.15, -0.1) is 0 Å². The van der Waals surface area contributed by atoms with Gasteiger partial charge in [0.2, 0.25) is 12.3 Å². The van der Waals surface area contributed by atoms with Gasteiger partial charge in [-0.05, 0) is 74.4 Å². The molecule has 1 aliphatic heterocycles. The molecule has 0 aliphatic carbocycles. The Morgan fingerprint density at radius 2 is 1.97 bits per heavy atom. The Morgan fingerprint density at radius 3 is 2.67 bits per heavy atom. The van der Waals surface area contributed by atoms with Crippen LogP contribution < -0.4 is 0 Å². The first-order valence-electron chi connectivity index (χ1n) is 12.4. The fourth-order valence-electron chi connectivity index (χ4n) is 5.37. The zero-order chi connectivity index (χ0) is 25.6. The van der Waals surface area contributed by atoms with Crippen LogP contribution in [0.3, 0.4) is 0 Å². The molecule has 0 spiro atoms. The number of likely N-dealkylation sites (tertiary alicyclic amines) is 1. The third kappa shape index (κ3) is 4.72. The maximum absolute atomic E-state index is 13.7. The number of alkyl halides is 2. The van der Waals surface area contributed by atoms with Gasteiger partial charge < -0.3 is 15.0 Å². The van der Waals surface area contributed by atoms with Crippen molar-refractivity contribution in [2.75, 3.05) is 13.1 Å². The number of halogens is 2. The molecule has 1 atom stereocenters. The van der Waals surface area contributed by atoms with Crippen molar-refractivity contribution in [3.8, 4) is 11.3 Å². The van der Waals surface area contributed by atoms with Crippen LogP contribution in [0.1, 0.15) is 54.6 Å². The Kier molecular flexibility index (Phi) is 6.51. The molecular weight excluding hydrogens is 464 g/mol. The van der Waals surface area contributed by atoms with E-state index >= 15 is 0 Å². The molecule has 1 saturated heterocycles. The minimum Gasteiger partial charge on any atom is -0.393 e. The number of carbonyl (C=O) groups excluding carboxylic acids is 1. The molecular formula is C27H31F2N5O2. The Morgan fingerprint density at radius 1 is 1.22 bits per heavy atom. The molecule has 7 nitrogen and oxygen atoms in total. The summed E-state index contributed by atoms with van der Waals surface area (Å²) in [5.74, 6) is 0.880. The normalized spacial score (nSPS) is 15.9. The first-order chi connectivity index (χ1) is 17.2. The summed E-state index contributed by atoms with van der Waals surface area (Å²) in [6.45, 7) is 6.65. The molecule has 0 bridgehead atoms. The van der Waals surface area contributed by atoms with E-state index in [4.69, 9.17) is 0 Å². The first kappa shape index (κ1) is 24.4. The van der Waals surface area contributed by atoms with E-state index < -0.39 is 12.5 Å². The van der Waals surface area contributed by atoms with Crippen molar-refractivity contribution >= 4 is 22.5 Å². The van der Waals surface area contributed by atoms with Crippen LogP contribution in [-0.4, -0.2) is 61.1 Å². The van der Waals surface area contributed by atoms with Crippen LogP contribution in [0.15, 0.2) is 30.5 Å². The number of aliphatic hydroxyl groups excluding tert-OH is 1. The van der Waals surface area contributed by atoms with E-state index in [1.54, 1.807) is 11.4 Å². The molecule has 190 valence electrons. The number of fused-ring (bicyclic) bond motifs is 2. The number of hydrogen-bond donors (Lipinski definition) is 2. The number of rotatable bonds is 6. The van der Waals surface area contributed by atoms with Gasteiger partial charge in [-0.25, -0.2) is 18.3 Å². The van der Waals surface area contributed by atoms with Gasteiger partial charge in [-0.1, -0.05) is 6.07 Å². The molecule has 36 heavy (non-hydrogen) atoms. The zero-order valence-electron chi connectivity index (χ0n) is 20.8. The standard InChI is InChI=1S/C27H31F2N5O2/c1-15-10-20(14-34-27(15)30-17(3)32-34)26-22(13-24(28)29)21-12-19(4-5-23(21)31-26)18-6-8-33(9-7-18)25(36)11-16(2)35/h4-5,10,12,14,16,18,24,31,35H,6-9,11,13H2,1-3H3/t16-/m0/s1. The summed E-state index contributed by atoms with van der Waals surface area (Å²) in [5.41, 5.74) is 5.67. The minimum atomic E-state index is -2.48. The number of hydrogen-bond acceptors (Lipinski definition) is 4. The van der Waals surface area contributed by atoms with E-state index in [2.05, 4.69) is 21.1 Å². The summed E-state index contributed by atoms with van der Waals surface area (Å²) in [4.78, 5) is 21.9. The Labute approximate surface area is 208 Å². The predicted molar refractivity (Wildman–Crippen MR) is 134 cm³/mol. The number of amides is 1. The second kappa shape index (κ2) is 9.61. The molecule has 2 N–H and O–H groups in total. The van der Waals surface area contributed by atoms with Gasteiger partial charge in [0.15, 0.2) is 5.65 Å². The van der Waals surface area contributed by atoms with Crippen molar-refractivity contribution in [3.05, 3.63) is 53.0 Å². The van der Waals surface area contributed by atoms with Gasteiger partial charge >= 0.3 is 0 Å². The lowest BCUT2D eigenvalue weighted by molar-refractivity contribution is -0.134. The monoisotopic (exact) mass is 495 g/mol. The molecule has 9 heteroatoms. The van der Waals surface area contributed by atoms with Crippen molar-refractivity contribution in [2.45, 2.75) is 64.9 Å². The highest BCUT2D eigenvalue weighted by molar-refractivity contribution is 5.91. The number of aliphatic hydroxyl groups is 1. The van der Waals surface area contributed by atoms with E-state index in [9.17, 15) is 18.7 Å². The van der Waals surface area contributed by atoms with Crippen molar-refractivity contribution in [3.63, 3.8) is 0 Å². The minimum absolute atomic E-state index is 0.0248. The molecule has 1 aromatic carbocycles. The van der Waals surface area contributed by atoms with Crippen molar-refractivity contribution in [1.29, 1.82) is 0 Å². The highest BCUT2D eigenvalue weighted by Gasteiger charge is 2.26. The predicted octanol–water partition coefficient (Wildman–Crippen LogP) is 4.78. The van der Waals surface area contributed by atoms with Crippen LogP contribution in [0.25, 0.3) is 27.8 Å². The number of aromatic nitrogens is 4. The first-order valence-corrected chi connectivity index (χ1v) is 12.4. The molecule has 4 heterocycles. The van der Waals surface area contributed by atoms with E-state index in [0.717, 1.165) is 46.1 Å². The summed E-state index contributed by atoms with van der Waals surface area (Å²) in [5, 5.41) is 14.7. The summed E-state index contributed by atoms with van der Waals surface area (Å²) in [6.07, 6.45) is 0.112. The van der Waals surface area contributed by atoms with E-state index in [1.807, 2.05) is 43.1 Å². The number of piperidine rings is 1. The SMILES string of the molecule is Cc1nc2c(C)cc(-c3[nH]c4ccc(C5CCN(C(=O)C[C@H](C)O)CC5)cc4c3CC(F)F)cn2n1. The van der Waals surface area contributed by atoms with E-state index in [-0.39, 0.29) is 24.7 Å². The highest BCUT2D eigenvalue weighted by atomic mass is 19.3. The van der Waals surface area contributed by atoms with Crippen LogP contribution >= 0.6 is 0 Å². The van der Waals surface area contributed by atoms with Crippen LogP contribution in [0.2, 0.25) is 0 Å². The molecule has 1 fully saturated rings. The maximum atomic E-state index is 13.7. The summed E-state index contributed by atoms with van der Waals surface area (Å²) >= 11 is 0. The Hall–Kier alpha value is -3.33. The molecule has 0 saturated carbocycles. The highest BCUT2D eigenvalue weighted by Crippen LogP contribution is 2.36. The number of aryl methyl sites for hydroxylation is 2. The quantitative estimate of drug-likeness (QED) is 0.403. The van der Waals surface area contributed by atoms with Gasteiger partial charge in [0.25, 0.3) is 0 Å². The molecule has 3 aromatic heterocycles. The number of benzene rings is 1. The molecule has 1 amide bonds. The molecule has 4 aromatic rings. The lowest BCUT2D eigenvalue weighted by atomic mass is 9.88. The molecule has 5 rings (SSSR count). The van der Waals surface area contributed by atoms with Crippen LogP contribution in [0.4, 0.5) is 8.78 Å². The molecule has 0 radical (unpaired) electrons. The fourth-order valence-corrected chi connectivity index (χ4v) is 5.37. The second-order valence-corrected chi connectivity index (χ2v) is 9.93. The summed E-state index contributed by atoms with van der Waals surface area (Å²) in [6, 6.07) is 8.03. The fraction of sp³-hybridized carbons (Fsp3) is 0.444. The zero-order valence-corrected chi connectivity index (χ0v) is 20.8. The van der Waals surface area contributed by atoms with Gasteiger partial charge in [0, 0.05) is 42.2 Å². The van der Waals surface area contributed by atoms with Crippen LogP contribution in [-0.2, 0) is 11.2 Å². The Balaban J connectivity index is 1.48. The van der Waals surface area contributed by atoms with Crippen molar-refractivity contribution in [2.24, 2.45) is 0 Å². The van der Waals surface area contributed by atoms with Crippen LogP contribution in [0.5, 0.6) is 0 Å². The molecule has 0 unspecified atom stereocenters. The Bertz CT molecular complexity index is 1420. The number of pyridine rings is 1. The lowest BCUT2D eigenvalue weighted by Crippen LogP contribution is -2.39. The van der Waals surface area contributed by atoms with E-state index in [1.165, 1.54) is 0 Å². The third-order valence-corrected chi connectivity index (χ3v) is 7.09. The summed E-state index contributed by atoms with van der Waals surface area (Å²) < 4.78 is 29.2. The average Bonchev–Trinajstić information content (AvgIpc) is 3.38. The van der Waals surface area contributed by atoms with Gasteiger partial charge in [-0.3, -0.25) is 4.79 Å². The van der Waals surface area contributed by atoms with Crippen molar-refractivity contribution in [1.82, 2.24) is 24.5 Å². The second-order valence-electron chi connectivity index (χ2n) is 9.93. The average molecular weight is 496 g/mol. The van der Waals surface area contributed by atoms with Gasteiger partial charge in [-0.2, -0.15) is 5.10 Å². The molecule has 1 aliphatic rings. The van der Waals surface area contributed by atoms with Gasteiger partial charge in [0.1, 0.15) is 5.82 Å². The van der Waals surface area contributed by atoms with Crippen LogP contribution in [0, 0.1) is 13.8 Å². The number of nitrogens with zero attached hydrogens (tertiary/aromatic N) is 4. The topological polar surface area (TPSA) is 86.5 Å². The lowest BCUT2D eigenvalue weighted by Gasteiger charge is -2.32. The number of carbonyl (C=O) groups is 1.